The van der Waals surface area contributed by atoms with Crippen LogP contribution < -0.4 is 0 Å². The van der Waals surface area contributed by atoms with Crippen LogP contribution in [0.5, 0.6) is 0 Å². The SMILES string of the molecule is CCCCCCCCCCCCCCC(=O)O[C@H](COC(=O)CCCCCCCCCCCC)COP(=O)(O)OC[C@H](O)COP(=O)(O)OC[C@@H](COC(=O)CCCCCCCCCCC(C)CC)OC(=O)CCCCCCCCCCCC(C)C. The standard InChI is InChI=1S/C67H130O17P2/c1-7-10-12-14-16-18-20-21-25-33-39-45-51-66(71)83-62(55-77-64(69)49-43-37-31-24-19-17-15-13-11-8-2)57-81-85(73,74)79-53-61(68)54-80-86(75,76)82-58-63(84-67(72)52-46-40-34-26-22-23-29-35-41-47-59(4)5)56-78-65(70)50-44-38-32-28-27-30-36-42-48-60(6)9-3/h59-63,68H,7-58H2,1-6H3,(H,73,74)(H,75,76)/t60?,61-,62+,63+/m0/s1. The number of carbonyl (C=O) groups excluding carboxylic acids is 4. The number of rotatable bonds is 66. The van der Waals surface area contributed by atoms with Crippen molar-refractivity contribution < 1.29 is 80.2 Å². The molecule has 0 rings (SSSR count). The average Bonchev–Trinajstić information content (AvgIpc) is 3.64. The molecular weight excluding hydrogens is 1140 g/mol. The van der Waals surface area contributed by atoms with E-state index in [4.69, 9.17) is 37.0 Å². The number of ether oxygens (including phenoxy) is 4. The van der Waals surface area contributed by atoms with Gasteiger partial charge in [-0.1, -0.05) is 286 Å². The number of carbonyl (C=O) groups is 4. The van der Waals surface area contributed by atoms with Crippen molar-refractivity contribution in [1.82, 2.24) is 0 Å². The first-order valence-corrected chi connectivity index (χ1v) is 38.0. The molecule has 19 heteroatoms. The Morgan fingerprint density at radius 2 is 0.593 bits per heavy atom. The lowest BCUT2D eigenvalue weighted by Crippen LogP contribution is -2.30. The molecule has 3 unspecified atom stereocenters. The molecule has 0 bridgehead atoms. The van der Waals surface area contributed by atoms with Gasteiger partial charge in [-0.05, 0) is 37.5 Å². The van der Waals surface area contributed by atoms with Gasteiger partial charge in [-0.25, -0.2) is 9.13 Å². The van der Waals surface area contributed by atoms with Crippen LogP contribution in [-0.2, 0) is 65.4 Å². The van der Waals surface area contributed by atoms with Crippen molar-refractivity contribution in [3.8, 4) is 0 Å². The summed E-state index contributed by atoms with van der Waals surface area (Å²) in [6.07, 6.45) is 42.9. The fraction of sp³-hybridized carbons (Fsp3) is 0.940. The van der Waals surface area contributed by atoms with E-state index in [0.29, 0.717) is 25.7 Å². The number of aliphatic hydroxyl groups is 1. The van der Waals surface area contributed by atoms with Crippen molar-refractivity contribution in [1.29, 1.82) is 0 Å². The van der Waals surface area contributed by atoms with Crippen molar-refractivity contribution in [2.24, 2.45) is 11.8 Å². The number of unbranched alkanes of at least 4 members (excludes halogenated alkanes) is 35. The summed E-state index contributed by atoms with van der Waals surface area (Å²) in [6, 6.07) is 0. The normalized spacial score (nSPS) is 14.5. The van der Waals surface area contributed by atoms with Gasteiger partial charge in [0.2, 0.25) is 0 Å². The van der Waals surface area contributed by atoms with Crippen LogP contribution in [0.1, 0.15) is 337 Å². The first-order valence-electron chi connectivity index (χ1n) is 35.0. The largest absolute Gasteiger partial charge is 0.472 e. The molecule has 510 valence electrons. The minimum absolute atomic E-state index is 0.105. The molecule has 0 aliphatic carbocycles. The van der Waals surface area contributed by atoms with Crippen molar-refractivity contribution in [3.63, 3.8) is 0 Å². The molecule has 0 aromatic rings. The second-order valence-electron chi connectivity index (χ2n) is 24.9. The zero-order valence-corrected chi connectivity index (χ0v) is 57.4. The predicted molar refractivity (Wildman–Crippen MR) is 345 cm³/mol. The number of esters is 4. The summed E-state index contributed by atoms with van der Waals surface area (Å²) in [5.74, 6) is -0.614. The molecule has 0 spiro atoms. The highest BCUT2D eigenvalue weighted by atomic mass is 31.2. The molecule has 0 aromatic heterocycles. The molecular formula is C67H130O17P2. The summed E-state index contributed by atoms with van der Waals surface area (Å²) < 4.78 is 68.1. The van der Waals surface area contributed by atoms with E-state index in [9.17, 15) is 43.2 Å². The van der Waals surface area contributed by atoms with Crippen molar-refractivity contribution in [2.45, 2.75) is 355 Å². The molecule has 0 aromatic carbocycles. The highest BCUT2D eigenvalue weighted by Gasteiger charge is 2.30. The van der Waals surface area contributed by atoms with Gasteiger partial charge < -0.3 is 33.8 Å². The van der Waals surface area contributed by atoms with Crippen LogP contribution in [0.25, 0.3) is 0 Å². The molecule has 0 fully saturated rings. The van der Waals surface area contributed by atoms with E-state index in [2.05, 4.69) is 41.5 Å². The Morgan fingerprint density at radius 3 is 0.884 bits per heavy atom. The molecule has 17 nitrogen and oxygen atoms in total. The van der Waals surface area contributed by atoms with E-state index in [-0.39, 0.29) is 25.7 Å². The van der Waals surface area contributed by atoms with Gasteiger partial charge in [0.25, 0.3) is 0 Å². The van der Waals surface area contributed by atoms with Gasteiger partial charge in [0.05, 0.1) is 26.4 Å². The van der Waals surface area contributed by atoms with E-state index in [0.717, 1.165) is 102 Å². The number of phosphoric ester groups is 2. The lowest BCUT2D eigenvalue weighted by molar-refractivity contribution is -0.161. The summed E-state index contributed by atoms with van der Waals surface area (Å²) in [5, 5.41) is 10.6. The molecule has 0 saturated carbocycles. The minimum atomic E-state index is -4.95. The Balaban J connectivity index is 5.26. The average molecular weight is 1270 g/mol. The molecule has 0 radical (unpaired) electrons. The third-order valence-corrected chi connectivity index (χ3v) is 17.7. The van der Waals surface area contributed by atoms with Crippen LogP contribution >= 0.6 is 15.6 Å². The van der Waals surface area contributed by atoms with Gasteiger partial charge in [-0.3, -0.25) is 37.3 Å². The van der Waals surface area contributed by atoms with E-state index in [1.54, 1.807) is 0 Å². The van der Waals surface area contributed by atoms with Crippen LogP contribution in [0, 0.1) is 11.8 Å². The van der Waals surface area contributed by atoms with Crippen molar-refractivity contribution in [3.05, 3.63) is 0 Å². The van der Waals surface area contributed by atoms with Crippen LogP contribution in [0.2, 0.25) is 0 Å². The highest BCUT2D eigenvalue weighted by molar-refractivity contribution is 7.47. The third kappa shape index (κ3) is 59.7. The zero-order valence-electron chi connectivity index (χ0n) is 55.6. The van der Waals surface area contributed by atoms with Gasteiger partial charge in [0, 0.05) is 25.7 Å². The Bertz CT molecular complexity index is 1690. The lowest BCUT2D eigenvalue weighted by atomic mass is 9.99. The fourth-order valence-corrected chi connectivity index (χ4v) is 11.6. The summed E-state index contributed by atoms with van der Waals surface area (Å²) in [7, 11) is -9.89. The van der Waals surface area contributed by atoms with Crippen LogP contribution in [0.4, 0.5) is 0 Å². The summed E-state index contributed by atoms with van der Waals surface area (Å²) in [4.78, 5) is 72.4. The maximum Gasteiger partial charge on any atom is 0.472 e. The van der Waals surface area contributed by atoms with Gasteiger partial charge in [-0.2, -0.15) is 0 Å². The van der Waals surface area contributed by atoms with Crippen LogP contribution in [0.15, 0.2) is 0 Å². The quantitative estimate of drug-likeness (QED) is 0.0222. The Labute approximate surface area is 524 Å². The monoisotopic (exact) mass is 1270 g/mol. The zero-order chi connectivity index (χ0) is 63.6. The molecule has 0 amide bonds. The van der Waals surface area contributed by atoms with E-state index in [1.807, 2.05) is 0 Å². The molecule has 86 heavy (non-hydrogen) atoms. The lowest BCUT2D eigenvalue weighted by Gasteiger charge is -2.21. The number of aliphatic hydroxyl groups excluding tert-OH is 1. The summed E-state index contributed by atoms with van der Waals surface area (Å²) >= 11 is 0. The van der Waals surface area contributed by atoms with Gasteiger partial charge in [0.1, 0.15) is 19.3 Å². The van der Waals surface area contributed by atoms with Crippen LogP contribution in [0.3, 0.4) is 0 Å². The Kier molecular flexibility index (Phi) is 58.0. The Morgan fingerprint density at radius 1 is 0.337 bits per heavy atom. The smallest absolute Gasteiger partial charge is 0.462 e. The molecule has 3 N–H and O–H groups in total. The van der Waals surface area contributed by atoms with E-state index < -0.39 is 97.5 Å². The van der Waals surface area contributed by atoms with Crippen LogP contribution in [-0.4, -0.2) is 96.7 Å². The third-order valence-electron chi connectivity index (χ3n) is 15.8. The van der Waals surface area contributed by atoms with Gasteiger partial charge >= 0.3 is 39.5 Å². The maximum atomic E-state index is 13.0. The number of phosphoric acid groups is 2. The maximum absolute atomic E-state index is 13.0. The fourth-order valence-electron chi connectivity index (χ4n) is 10.0. The van der Waals surface area contributed by atoms with Crippen molar-refractivity contribution in [2.75, 3.05) is 39.6 Å². The van der Waals surface area contributed by atoms with E-state index >= 15 is 0 Å². The molecule has 0 aliphatic rings. The predicted octanol–water partition coefficient (Wildman–Crippen LogP) is 18.8. The second kappa shape index (κ2) is 59.4. The van der Waals surface area contributed by atoms with Gasteiger partial charge in [0.15, 0.2) is 12.2 Å². The summed E-state index contributed by atoms with van der Waals surface area (Å²) in [5.41, 5.74) is 0. The topological polar surface area (TPSA) is 237 Å². The minimum Gasteiger partial charge on any atom is -0.462 e. The van der Waals surface area contributed by atoms with E-state index in [1.165, 1.54) is 154 Å². The summed E-state index contributed by atoms with van der Waals surface area (Å²) in [6.45, 7) is 9.49. The first-order chi connectivity index (χ1) is 41.4. The molecule has 0 saturated heterocycles. The number of hydrogen-bond donors (Lipinski definition) is 3. The number of hydrogen-bond acceptors (Lipinski definition) is 15. The van der Waals surface area contributed by atoms with Gasteiger partial charge in [-0.15, -0.1) is 0 Å². The molecule has 6 atom stereocenters. The highest BCUT2D eigenvalue weighted by Crippen LogP contribution is 2.45. The second-order valence-corrected chi connectivity index (χ2v) is 27.8. The Hall–Kier alpha value is -1.94. The molecule has 0 heterocycles. The first kappa shape index (κ1) is 84.1. The molecule has 0 aliphatic heterocycles. The van der Waals surface area contributed by atoms with Crippen molar-refractivity contribution >= 4 is 39.5 Å².